The molecule has 1 N–H and O–H groups in total. The number of hydrogen-bond donors (Lipinski definition) is 1. The zero-order valence-electron chi connectivity index (χ0n) is 16.5. The predicted molar refractivity (Wildman–Crippen MR) is 120 cm³/mol. The molecule has 0 aliphatic carbocycles. The van der Waals surface area contributed by atoms with E-state index in [1.54, 1.807) is 13.2 Å². The molecule has 4 rings (SSSR count). The van der Waals surface area contributed by atoms with Gasteiger partial charge in [-0.3, -0.25) is 4.79 Å². The molecule has 1 fully saturated rings. The molecule has 0 unspecified atom stereocenters. The molecule has 3 aromatic carbocycles. The van der Waals surface area contributed by atoms with Gasteiger partial charge in [0, 0.05) is 12.0 Å². The lowest BCUT2D eigenvalue weighted by atomic mass is 10.0. The predicted octanol–water partition coefficient (Wildman–Crippen LogP) is 5.44. The molecular weight excluding hydrogens is 439 g/mol. The van der Waals surface area contributed by atoms with Gasteiger partial charge in [-0.2, -0.15) is 0 Å². The van der Waals surface area contributed by atoms with Crippen molar-refractivity contribution in [1.82, 2.24) is 5.32 Å². The number of benzene rings is 3. The Morgan fingerprint density at radius 2 is 1.71 bits per heavy atom. The molecule has 0 aromatic heterocycles. The summed E-state index contributed by atoms with van der Waals surface area (Å²) in [5.74, 6) is 1.11. The van der Waals surface area contributed by atoms with Crippen molar-refractivity contribution in [3.8, 4) is 17.2 Å². The zero-order valence-corrected chi connectivity index (χ0v) is 18.0. The fourth-order valence-electron chi connectivity index (χ4n) is 3.35. The third-order valence-corrected chi connectivity index (χ3v) is 5.36. The van der Waals surface area contributed by atoms with E-state index in [2.05, 4.69) is 5.32 Å². The van der Waals surface area contributed by atoms with E-state index in [0.29, 0.717) is 12.2 Å². The van der Waals surface area contributed by atoms with Crippen molar-refractivity contribution in [2.75, 3.05) is 18.6 Å². The average Bonchev–Trinajstić information content (AvgIpc) is 3.09. The van der Waals surface area contributed by atoms with Crippen LogP contribution in [0.1, 0.15) is 11.1 Å². The number of halogens is 2. The van der Waals surface area contributed by atoms with Gasteiger partial charge in [-0.05, 0) is 35.9 Å². The van der Waals surface area contributed by atoms with Crippen molar-refractivity contribution >= 4 is 40.8 Å². The van der Waals surface area contributed by atoms with Crippen molar-refractivity contribution in [2.45, 2.75) is 6.42 Å². The average molecular weight is 457 g/mol. The third-order valence-electron chi connectivity index (χ3n) is 4.79. The Morgan fingerprint density at radius 3 is 2.32 bits per heavy atom. The summed E-state index contributed by atoms with van der Waals surface area (Å²) in [5.41, 5.74) is 2.35. The van der Waals surface area contributed by atoms with Crippen LogP contribution in [-0.2, 0) is 11.2 Å². The number of hydrogen-bond acceptors (Lipinski definition) is 4. The van der Waals surface area contributed by atoms with E-state index in [9.17, 15) is 9.59 Å². The zero-order chi connectivity index (χ0) is 22.0. The van der Waals surface area contributed by atoms with Gasteiger partial charge in [0.05, 0.1) is 29.4 Å². The van der Waals surface area contributed by atoms with Gasteiger partial charge in [0.15, 0.2) is 5.75 Å². The number of imide groups is 1. The molecule has 158 valence electrons. The number of carbonyl (C=O) groups is 2. The van der Waals surface area contributed by atoms with Gasteiger partial charge in [-0.15, -0.1) is 0 Å². The lowest BCUT2D eigenvalue weighted by molar-refractivity contribution is -0.115. The highest BCUT2D eigenvalue weighted by atomic mass is 35.5. The highest BCUT2D eigenvalue weighted by Gasteiger charge is 2.31. The van der Waals surface area contributed by atoms with Crippen LogP contribution in [-0.4, -0.2) is 25.6 Å². The van der Waals surface area contributed by atoms with Gasteiger partial charge in [-0.25, -0.2) is 9.69 Å². The Balaban J connectivity index is 1.62. The van der Waals surface area contributed by atoms with Crippen LogP contribution in [0.2, 0.25) is 10.0 Å². The topological polar surface area (TPSA) is 67.9 Å². The molecular formula is C23H18Cl2N2O4. The number of anilines is 1. The van der Waals surface area contributed by atoms with E-state index < -0.39 is 6.03 Å². The summed E-state index contributed by atoms with van der Waals surface area (Å²) in [6.07, 6.45) is 0.661. The Bertz CT molecular complexity index is 1110. The van der Waals surface area contributed by atoms with Crippen molar-refractivity contribution < 1.29 is 19.1 Å². The van der Waals surface area contributed by atoms with Crippen LogP contribution in [0.5, 0.6) is 17.2 Å². The lowest BCUT2D eigenvalue weighted by Crippen LogP contribution is -2.30. The molecule has 1 saturated heterocycles. The summed E-state index contributed by atoms with van der Waals surface area (Å²) >= 11 is 12.8. The van der Waals surface area contributed by atoms with Crippen LogP contribution in [0.3, 0.4) is 0 Å². The lowest BCUT2D eigenvalue weighted by Gasteiger charge is -2.17. The summed E-state index contributed by atoms with van der Waals surface area (Å²) in [6, 6.07) is 17.9. The second-order valence-electron chi connectivity index (χ2n) is 6.86. The third kappa shape index (κ3) is 4.45. The first-order valence-electron chi connectivity index (χ1n) is 9.45. The maximum atomic E-state index is 11.9. The molecule has 1 heterocycles. The van der Waals surface area contributed by atoms with E-state index in [1.165, 1.54) is 12.1 Å². The van der Waals surface area contributed by atoms with E-state index >= 15 is 0 Å². The molecule has 1 aliphatic heterocycles. The largest absolute Gasteiger partial charge is 0.496 e. The number of nitrogens with zero attached hydrogens (tertiary/aromatic N) is 1. The minimum absolute atomic E-state index is 0.0671. The SMILES string of the molecule is COc1ccc(Oc2c(Cl)cc(N3C(=O)CNC3=O)cc2Cl)cc1Cc1ccccc1. The maximum absolute atomic E-state index is 11.9. The van der Waals surface area contributed by atoms with Crippen LogP contribution in [0.4, 0.5) is 10.5 Å². The highest BCUT2D eigenvalue weighted by molar-refractivity contribution is 6.38. The standard InChI is InChI=1S/C23H18Cl2N2O4/c1-30-20-8-7-17(10-15(20)9-14-5-3-2-4-6-14)31-22-18(24)11-16(12-19(22)25)27-21(28)13-26-23(27)29/h2-8,10-12H,9,13H2,1H3,(H,26,29). The second kappa shape index (κ2) is 8.88. The molecule has 6 nitrogen and oxygen atoms in total. The van der Waals surface area contributed by atoms with Crippen molar-refractivity contribution in [2.24, 2.45) is 0 Å². The van der Waals surface area contributed by atoms with Gasteiger partial charge in [0.25, 0.3) is 5.91 Å². The molecule has 0 atom stereocenters. The number of ether oxygens (including phenoxy) is 2. The molecule has 0 radical (unpaired) electrons. The molecule has 8 heteroatoms. The fraction of sp³-hybridized carbons (Fsp3) is 0.130. The van der Waals surface area contributed by atoms with Crippen molar-refractivity contribution in [1.29, 1.82) is 0 Å². The number of amides is 3. The first-order chi connectivity index (χ1) is 15.0. The Hall–Kier alpha value is -3.22. The molecule has 0 spiro atoms. The van der Waals surface area contributed by atoms with Crippen molar-refractivity contribution in [3.63, 3.8) is 0 Å². The number of methoxy groups -OCH3 is 1. The Labute approximate surface area is 189 Å². The summed E-state index contributed by atoms with van der Waals surface area (Å²) in [4.78, 5) is 24.8. The summed E-state index contributed by atoms with van der Waals surface area (Å²) < 4.78 is 11.4. The molecule has 1 aliphatic rings. The van der Waals surface area contributed by atoms with Crippen LogP contribution < -0.4 is 19.7 Å². The first-order valence-corrected chi connectivity index (χ1v) is 10.2. The van der Waals surface area contributed by atoms with E-state index in [4.69, 9.17) is 32.7 Å². The maximum Gasteiger partial charge on any atom is 0.329 e. The van der Waals surface area contributed by atoms with Crippen molar-refractivity contribution in [3.05, 3.63) is 81.8 Å². The van der Waals surface area contributed by atoms with Crippen LogP contribution >= 0.6 is 23.2 Å². The summed E-state index contributed by atoms with van der Waals surface area (Å²) in [7, 11) is 1.62. The highest BCUT2D eigenvalue weighted by Crippen LogP contribution is 2.41. The number of nitrogens with one attached hydrogen (secondary N) is 1. The van der Waals surface area contributed by atoms with Gasteiger partial charge >= 0.3 is 6.03 Å². The monoisotopic (exact) mass is 456 g/mol. The molecule has 3 aromatic rings. The van der Waals surface area contributed by atoms with E-state index in [0.717, 1.165) is 21.8 Å². The van der Waals surface area contributed by atoms with Gasteiger partial charge in [0.2, 0.25) is 0 Å². The normalized spacial score (nSPS) is 13.3. The quantitative estimate of drug-likeness (QED) is 0.501. The summed E-state index contributed by atoms with van der Waals surface area (Å²) in [6.45, 7) is -0.0671. The molecule has 0 saturated carbocycles. The van der Waals surface area contributed by atoms with Crippen LogP contribution in [0.25, 0.3) is 0 Å². The Morgan fingerprint density at radius 1 is 1.00 bits per heavy atom. The second-order valence-corrected chi connectivity index (χ2v) is 7.68. The van der Waals surface area contributed by atoms with Gasteiger partial charge < -0.3 is 14.8 Å². The molecule has 31 heavy (non-hydrogen) atoms. The summed E-state index contributed by atoms with van der Waals surface area (Å²) in [5, 5.41) is 2.81. The number of carbonyl (C=O) groups excluding carboxylic acids is 2. The molecule has 0 bridgehead atoms. The minimum Gasteiger partial charge on any atom is -0.496 e. The van der Waals surface area contributed by atoms with Gasteiger partial charge in [0.1, 0.15) is 11.5 Å². The van der Waals surface area contributed by atoms with Crippen LogP contribution in [0, 0.1) is 0 Å². The Kier molecular flexibility index (Phi) is 6.02. The van der Waals surface area contributed by atoms with Crippen LogP contribution in [0.15, 0.2) is 60.7 Å². The molecule has 3 amide bonds. The number of rotatable bonds is 6. The van der Waals surface area contributed by atoms with Gasteiger partial charge in [-0.1, -0.05) is 53.5 Å². The minimum atomic E-state index is -0.522. The number of urea groups is 1. The van der Waals surface area contributed by atoms with E-state index in [-0.39, 0.29) is 33.9 Å². The van der Waals surface area contributed by atoms with E-state index in [1.807, 2.05) is 42.5 Å². The smallest absolute Gasteiger partial charge is 0.329 e. The fourth-order valence-corrected chi connectivity index (χ4v) is 3.90. The first kappa shape index (κ1) is 21.0.